The monoisotopic (exact) mass is 427 g/mol. The molecule has 0 saturated carbocycles. The summed E-state index contributed by atoms with van der Waals surface area (Å²) in [6.07, 6.45) is 4.63. The van der Waals surface area contributed by atoms with Crippen LogP contribution in [0.4, 0.5) is 11.4 Å². The van der Waals surface area contributed by atoms with Crippen LogP contribution < -0.4 is 4.90 Å². The van der Waals surface area contributed by atoms with Gasteiger partial charge in [0.05, 0.1) is 28.0 Å². The number of H-pyrrole nitrogens is 1. The second kappa shape index (κ2) is 7.88. The van der Waals surface area contributed by atoms with Gasteiger partial charge in [-0.3, -0.25) is 15.2 Å². The highest BCUT2D eigenvalue weighted by Gasteiger charge is 2.24. The summed E-state index contributed by atoms with van der Waals surface area (Å²) in [7, 11) is -3.22. The fourth-order valence-corrected chi connectivity index (χ4v) is 4.41. The third kappa shape index (κ3) is 4.05. The molecule has 9 nitrogen and oxygen atoms in total. The lowest BCUT2D eigenvalue weighted by atomic mass is 10.1. The van der Waals surface area contributed by atoms with Crippen LogP contribution in [0.2, 0.25) is 0 Å². The molecule has 1 aliphatic rings. The number of hydrogen-bond donors (Lipinski definition) is 1. The Hall–Kier alpha value is -3.24. The van der Waals surface area contributed by atoms with Crippen molar-refractivity contribution in [2.24, 2.45) is 0 Å². The van der Waals surface area contributed by atoms with Gasteiger partial charge in [0.15, 0.2) is 0 Å². The van der Waals surface area contributed by atoms with E-state index in [2.05, 4.69) is 10.2 Å². The molecule has 1 aliphatic heterocycles. The molecule has 2 heterocycles. The third-order valence-corrected chi connectivity index (χ3v) is 6.51. The SMILES string of the molecule is CS(=O)(=O)N1CCN(c2ccc(C=Cc3n[nH]c4ccccc34)c([N+](=O)[O-])c2)CC1. The standard InChI is InChI=1S/C20H21N5O4S/c1-30(28,29)24-12-10-23(11-13-24)16-8-6-15(20(14-16)25(26)27)7-9-19-17-4-2-3-5-18(17)21-22-19/h2-9,14H,10-13H2,1H3,(H,21,22). The molecule has 1 fully saturated rings. The molecule has 0 spiro atoms. The lowest BCUT2D eigenvalue weighted by Crippen LogP contribution is -2.48. The van der Waals surface area contributed by atoms with Crippen LogP contribution in [0.3, 0.4) is 0 Å². The topological polar surface area (TPSA) is 112 Å². The van der Waals surface area contributed by atoms with Gasteiger partial charge in [0, 0.05) is 43.3 Å². The van der Waals surface area contributed by atoms with Gasteiger partial charge in [-0.05, 0) is 30.4 Å². The van der Waals surface area contributed by atoms with E-state index in [1.165, 1.54) is 10.6 Å². The van der Waals surface area contributed by atoms with Gasteiger partial charge >= 0.3 is 0 Å². The summed E-state index contributed by atoms with van der Waals surface area (Å²) in [6.45, 7) is 1.69. The Morgan fingerprint density at radius 1 is 1.10 bits per heavy atom. The van der Waals surface area contributed by atoms with E-state index in [1.807, 2.05) is 35.2 Å². The van der Waals surface area contributed by atoms with Crippen molar-refractivity contribution >= 4 is 44.5 Å². The lowest BCUT2D eigenvalue weighted by molar-refractivity contribution is -0.385. The van der Waals surface area contributed by atoms with Gasteiger partial charge in [-0.2, -0.15) is 9.40 Å². The molecule has 30 heavy (non-hydrogen) atoms. The summed E-state index contributed by atoms with van der Waals surface area (Å²) in [6, 6.07) is 12.8. The van der Waals surface area contributed by atoms with E-state index in [4.69, 9.17) is 0 Å². The summed E-state index contributed by atoms with van der Waals surface area (Å²) < 4.78 is 24.8. The molecule has 156 valence electrons. The van der Waals surface area contributed by atoms with Gasteiger partial charge < -0.3 is 4.90 Å². The molecule has 3 aromatic rings. The zero-order valence-electron chi connectivity index (χ0n) is 16.4. The van der Waals surface area contributed by atoms with Crippen LogP contribution >= 0.6 is 0 Å². The zero-order valence-corrected chi connectivity index (χ0v) is 17.2. The van der Waals surface area contributed by atoms with E-state index in [-0.39, 0.29) is 5.69 Å². The third-order valence-electron chi connectivity index (χ3n) is 5.20. The number of sulfonamides is 1. The molecule has 10 heteroatoms. The van der Waals surface area contributed by atoms with Gasteiger partial charge in [-0.15, -0.1) is 0 Å². The van der Waals surface area contributed by atoms with Gasteiger partial charge in [-0.1, -0.05) is 18.2 Å². The minimum Gasteiger partial charge on any atom is -0.369 e. The van der Waals surface area contributed by atoms with E-state index >= 15 is 0 Å². The maximum Gasteiger partial charge on any atom is 0.278 e. The molecule has 0 amide bonds. The maximum atomic E-state index is 11.7. The van der Waals surface area contributed by atoms with Gasteiger partial charge in [0.25, 0.3) is 5.69 Å². The number of aromatic nitrogens is 2. The molecule has 1 N–H and O–H groups in total. The van der Waals surface area contributed by atoms with Crippen LogP contribution in [0, 0.1) is 10.1 Å². The molecule has 2 aromatic carbocycles. The molecule has 4 rings (SSSR count). The average Bonchev–Trinajstić information content (AvgIpc) is 3.15. The normalized spacial score (nSPS) is 15.8. The first-order chi connectivity index (χ1) is 14.3. The Bertz CT molecular complexity index is 1230. The molecular formula is C20H21N5O4S. The number of nitrogens with zero attached hydrogens (tertiary/aromatic N) is 4. The fraction of sp³-hybridized carbons (Fsp3) is 0.250. The molecule has 0 atom stereocenters. The van der Waals surface area contributed by atoms with Crippen molar-refractivity contribution in [3.63, 3.8) is 0 Å². The van der Waals surface area contributed by atoms with E-state index in [0.717, 1.165) is 10.9 Å². The van der Waals surface area contributed by atoms with Crippen molar-refractivity contribution in [3.05, 3.63) is 63.8 Å². The number of para-hydroxylation sites is 1. The van der Waals surface area contributed by atoms with Crippen LogP contribution in [0.25, 0.3) is 23.1 Å². The van der Waals surface area contributed by atoms with Crippen molar-refractivity contribution in [1.29, 1.82) is 0 Å². The zero-order chi connectivity index (χ0) is 21.3. The highest BCUT2D eigenvalue weighted by Crippen LogP contribution is 2.28. The number of rotatable bonds is 5. The summed E-state index contributed by atoms with van der Waals surface area (Å²) in [4.78, 5) is 13.2. The number of nitro groups is 1. The summed E-state index contributed by atoms with van der Waals surface area (Å²) in [5, 5.41) is 19.8. The Morgan fingerprint density at radius 3 is 2.53 bits per heavy atom. The molecule has 0 unspecified atom stereocenters. The van der Waals surface area contributed by atoms with E-state index < -0.39 is 14.9 Å². The average molecular weight is 427 g/mol. The molecule has 1 aromatic heterocycles. The van der Waals surface area contributed by atoms with Crippen LogP contribution in [0.5, 0.6) is 0 Å². The predicted molar refractivity (Wildman–Crippen MR) is 117 cm³/mol. The second-order valence-corrected chi connectivity index (χ2v) is 9.12. The Labute approximate surface area is 173 Å². The molecule has 0 aliphatic carbocycles. The fourth-order valence-electron chi connectivity index (χ4n) is 3.59. The first-order valence-corrected chi connectivity index (χ1v) is 11.3. The van der Waals surface area contributed by atoms with Crippen molar-refractivity contribution in [1.82, 2.24) is 14.5 Å². The lowest BCUT2D eigenvalue weighted by Gasteiger charge is -2.34. The number of benzene rings is 2. The van der Waals surface area contributed by atoms with Crippen LogP contribution in [-0.4, -0.2) is 60.3 Å². The summed E-state index contributed by atoms with van der Waals surface area (Å²) in [5.74, 6) is 0. The van der Waals surface area contributed by atoms with Crippen molar-refractivity contribution in [3.8, 4) is 0 Å². The van der Waals surface area contributed by atoms with Crippen LogP contribution in [0.15, 0.2) is 42.5 Å². The Morgan fingerprint density at radius 2 is 1.83 bits per heavy atom. The van der Waals surface area contributed by atoms with E-state index in [9.17, 15) is 18.5 Å². The quantitative estimate of drug-likeness (QED) is 0.495. The predicted octanol–water partition coefficient (Wildman–Crippen LogP) is 2.72. The van der Waals surface area contributed by atoms with Crippen molar-refractivity contribution in [2.45, 2.75) is 0 Å². The number of aromatic amines is 1. The molecule has 0 bridgehead atoms. The van der Waals surface area contributed by atoms with Gasteiger partial charge in [0.2, 0.25) is 10.0 Å². The minimum atomic E-state index is -3.22. The van der Waals surface area contributed by atoms with Crippen LogP contribution in [-0.2, 0) is 10.0 Å². The van der Waals surface area contributed by atoms with Crippen LogP contribution in [0.1, 0.15) is 11.3 Å². The maximum absolute atomic E-state index is 11.7. The smallest absolute Gasteiger partial charge is 0.278 e. The first-order valence-electron chi connectivity index (χ1n) is 9.42. The minimum absolute atomic E-state index is 0.00543. The highest BCUT2D eigenvalue weighted by atomic mass is 32.2. The van der Waals surface area contributed by atoms with E-state index in [1.54, 1.807) is 24.3 Å². The number of fused-ring (bicyclic) bond motifs is 1. The number of nitro benzene ring substituents is 1. The highest BCUT2D eigenvalue weighted by molar-refractivity contribution is 7.88. The summed E-state index contributed by atoms with van der Waals surface area (Å²) >= 11 is 0. The number of piperazine rings is 1. The van der Waals surface area contributed by atoms with Gasteiger partial charge in [-0.25, -0.2) is 8.42 Å². The number of nitrogens with one attached hydrogen (secondary N) is 1. The van der Waals surface area contributed by atoms with Crippen molar-refractivity contribution in [2.75, 3.05) is 37.3 Å². The first kappa shape index (κ1) is 20.0. The van der Waals surface area contributed by atoms with Gasteiger partial charge in [0.1, 0.15) is 0 Å². The number of anilines is 1. The largest absolute Gasteiger partial charge is 0.369 e. The van der Waals surface area contributed by atoms with E-state index in [0.29, 0.717) is 43.1 Å². The Kier molecular flexibility index (Phi) is 5.27. The Balaban J connectivity index is 1.58. The van der Waals surface area contributed by atoms with Crippen molar-refractivity contribution < 1.29 is 13.3 Å². The molecule has 0 radical (unpaired) electrons. The second-order valence-electron chi connectivity index (χ2n) is 7.14. The summed E-state index contributed by atoms with van der Waals surface area (Å²) in [5.41, 5.74) is 2.79. The number of hydrogen-bond acceptors (Lipinski definition) is 6. The molecular weight excluding hydrogens is 406 g/mol. The molecule has 1 saturated heterocycles.